The first-order valence-electron chi connectivity index (χ1n) is 30.5. The van der Waals surface area contributed by atoms with Crippen molar-refractivity contribution in [1.82, 2.24) is 0 Å². The fourth-order valence-corrected chi connectivity index (χ4v) is 8.93. The summed E-state index contributed by atoms with van der Waals surface area (Å²) in [6.07, 6.45) is 83.3. The Labute approximate surface area is 435 Å². The van der Waals surface area contributed by atoms with Crippen LogP contribution < -0.4 is 0 Å². The summed E-state index contributed by atoms with van der Waals surface area (Å²) in [5.74, 6) is -0.582. The summed E-state index contributed by atoms with van der Waals surface area (Å²) in [7, 11) is 0. The monoisotopic (exact) mass is 977 g/mol. The second kappa shape index (κ2) is 60.6. The van der Waals surface area contributed by atoms with Gasteiger partial charge in [0.25, 0.3) is 0 Å². The van der Waals surface area contributed by atoms with E-state index < -0.39 is 6.10 Å². The molecule has 1 atom stereocenters. The Morgan fingerprint density at radius 1 is 0.343 bits per heavy atom. The van der Waals surface area contributed by atoms with Crippen LogP contribution >= 0.6 is 0 Å². The predicted octanol–water partition coefficient (Wildman–Crippen LogP) is 20.8. The molecule has 0 amide bonds. The summed E-state index contributed by atoms with van der Waals surface area (Å²) in [5.41, 5.74) is 0. The minimum absolute atomic E-state index is 0.0659. The van der Waals surface area contributed by atoms with Crippen molar-refractivity contribution in [3.63, 3.8) is 0 Å². The van der Waals surface area contributed by atoms with Crippen molar-refractivity contribution in [1.29, 1.82) is 0 Å². The van der Waals surface area contributed by atoms with Gasteiger partial charge in [-0.15, -0.1) is 0 Å². The van der Waals surface area contributed by atoms with E-state index >= 15 is 0 Å². The highest BCUT2D eigenvalue weighted by atomic mass is 16.6. The number of hydrogen-bond donors (Lipinski definition) is 1. The highest BCUT2D eigenvalue weighted by molar-refractivity contribution is 5.70. The van der Waals surface area contributed by atoms with Gasteiger partial charge in [-0.3, -0.25) is 9.59 Å². The van der Waals surface area contributed by atoms with Crippen molar-refractivity contribution in [2.24, 2.45) is 0 Å². The second-order valence-corrected chi connectivity index (χ2v) is 20.4. The van der Waals surface area contributed by atoms with Crippen molar-refractivity contribution in [2.45, 2.75) is 315 Å². The molecule has 0 radical (unpaired) electrons. The molecule has 0 rings (SSSR count). The molecule has 0 aromatic rings. The molecule has 5 nitrogen and oxygen atoms in total. The maximum absolute atomic E-state index is 12.3. The Hall–Kier alpha value is -2.66. The third-order valence-corrected chi connectivity index (χ3v) is 13.5. The third-order valence-electron chi connectivity index (χ3n) is 13.5. The van der Waals surface area contributed by atoms with E-state index in [0.717, 1.165) is 70.6 Å². The van der Waals surface area contributed by atoms with Gasteiger partial charge >= 0.3 is 11.9 Å². The summed E-state index contributed by atoms with van der Waals surface area (Å²) in [6.45, 7) is 4.03. The van der Waals surface area contributed by atoms with Crippen molar-refractivity contribution in [2.75, 3.05) is 13.2 Å². The molecule has 0 saturated heterocycles. The average molecular weight is 978 g/mol. The quantitative estimate of drug-likeness (QED) is 0.0373. The highest BCUT2D eigenvalue weighted by Crippen LogP contribution is 2.17. The number of aliphatic hydroxyl groups excluding tert-OH is 1. The lowest BCUT2D eigenvalue weighted by atomic mass is 10.0. The average Bonchev–Trinajstić information content (AvgIpc) is 3.36. The Kier molecular flexibility index (Phi) is 58.3. The van der Waals surface area contributed by atoms with Gasteiger partial charge in [-0.05, 0) is 83.5 Å². The van der Waals surface area contributed by atoms with Crippen LogP contribution in [0.1, 0.15) is 309 Å². The van der Waals surface area contributed by atoms with Gasteiger partial charge in [-0.2, -0.15) is 0 Å². The molecule has 406 valence electrons. The van der Waals surface area contributed by atoms with Gasteiger partial charge in [-0.25, -0.2) is 0 Å². The van der Waals surface area contributed by atoms with Gasteiger partial charge in [0.2, 0.25) is 0 Å². The molecule has 0 bridgehead atoms. The van der Waals surface area contributed by atoms with E-state index in [-0.39, 0.29) is 25.2 Å². The van der Waals surface area contributed by atoms with Crippen LogP contribution in [0, 0.1) is 0 Å². The van der Waals surface area contributed by atoms with Gasteiger partial charge in [0.05, 0.1) is 6.61 Å². The summed E-state index contributed by atoms with van der Waals surface area (Å²) < 4.78 is 10.7. The molecular formula is C65H116O5. The van der Waals surface area contributed by atoms with Crippen molar-refractivity contribution in [3.05, 3.63) is 72.9 Å². The van der Waals surface area contributed by atoms with E-state index in [1.165, 1.54) is 212 Å². The van der Waals surface area contributed by atoms with Gasteiger partial charge in [0, 0.05) is 12.8 Å². The number of allylic oxidation sites excluding steroid dienone is 12. The van der Waals surface area contributed by atoms with Crippen LogP contribution in [0.5, 0.6) is 0 Å². The third kappa shape index (κ3) is 57.9. The van der Waals surface area contributed by atoms with E-state index in [1.54, 1.807) is 0 Å². The first kappa shape index (κ1) is 67.3. The molecule has 0 aliphatic carbocycles. The topological polar surface area (TPSA) is 72.8 Å². The van der Waals surface area contributed by atoms with Crippen molar-refractivity contribution >= 4 is 11.9 Å². The van der Waals surface area contributed by atoms with E-state index in [0.29, 0.717) is 12.8 Å². The molecule has 0 fully saturated rings. The number of hydrogen-bond acceptors (Lipinski definition) is 5. The first-order valence-corrected chi connectivity index (χ1v) is 30.5. The van der Waals surface area contributed by atoms with Crippen molar-refractivity contribution in [3.8, 4) is 0 Å². The normalized spacial score (nSPS) is 12.7. The Morgan fingerprint density at radius 3 is 0.929 bits per heavy atom. The summed E-state index contributed by atoms with van der Waals surface area (Å²) >= 11 is 0. The maximum atomic E-state index is 12.3. The zero-order chi connectivity index (χ0) is 50.6. The van der Waals surface area contributed by atoms with Crippen LogP contribution in [-0.4, -0.2) is 36.4 Å². The summed E-state index contributed by atoms with van der Waals surface area (Å²) in [5, 5.41) is 9.66. The molecule has 0 aromatic heterocycles. The number of ether oxygens (including phenoxy) is 2. The summed E-state index contributed by atoms with van der Waals surface area (Å²) in [6, 6.07) is 0. The second-order valence-electron chi connectivity index (χ2n) is 20.4. The minimum Gasteiger partial charge on any atom is -0.462 e. The number of esters is 2. The van der Waals surface area contributed by atoms with Crippen LogP contribution in [0.2, 0.25) is 0 Å². The molecule has 0 saturated carbocycles. The number of rotatable bonds is 56. The van der Waals surface area contributed by atoms with Gasteiger partial charge in [0.15, 0.2) is 6.10 Å². The maximum Gasteiger partial charge on any atom is 0.306 e. The molecule has 0 aliphatic rings. The van der Waals surface area contributed by atoms with Crippen LogP contribution in [0.3, 0.4) is 0 Å². The largest absolute Gasteiger partial charge is 0.462 e. The van der Waals surface area contributed by atoms with E-state index in [9.17, 15) is 14.7 Å². The number of carbonyl (C=O) groups excluding carboxylic acids is 2. The lowest BCUT2D eigenvalue weighted by molar-refractivity contribution is -0.161. The molecule has 5 heteroatoms. The predicted molar refractivity (Wildman–Crippen MR) is 306 cm³/mol. The van der Waals surface area contributed by atoms with Crippen LogP contribution in [0.25, 0.3) is 0 Å². The van der Waals surface area contributed by atoms with Crippen LogP contribution in [0.15, 0.2) is 72.9 Å². The minimum atomic E-state index is -0.774. The Morgan fingerprint density at radius 2 is 0.614 bits per heavy atom. The van der Waals surface area contributed by atoms with Crippen LogP contribution in [-0.2, 0) is 19.1 Å². The SMILES string of the molecule is CC/C=C\C/C=C\C/C=C\C/C=C\CCCCCCCCCCCCCCCCCCCCCCCCCCC(=O)OC(CO)COC(=O)CCCCCCCCCCC/C=C\C/C=C\CCCCC. The number of aliphatic hydroxyl groups is 1. The van der Waals surface area contributed by atoms with Crippen LogP contribution in [0.4, 0.5) is 0 Å². The lowest BCUT2D eigenvalue weighted by Crippen LogP contribution is -2.28. The molecule has 1 N–H and O–H groups in total. The lowest BCUT2D eigenvalue weighted by Gasteiger charge is -2.15. The molecule has 0 spiro atoms. The van der Waals surface area contributed by atoms with Gasteiger partial charge in [0.1, 0.15) is 6.61 Å². The number of carbonyl (C=O) groups is 2. The fourth-order valence-electron chi connectivity index (χ4n) is 8.93. The first-order chi connectivity index (χ1) is 34.6. The fraction of sp³-hybridized carbons (Fsp3) is 0.785. The zero-order valence-electron chi connectivity index (χ0n) is 46.5. The number of unbranched alkanes of at least 4 members (excludes halogenated alkanes) is 36. The van der Waals surface area contributed by atoms with Gasteiger partial charge < -0.3 is 14.6 Å². The Balaban J connectivity index is 3.41. The molecule has 0 aliphatic heterocycles. The zero-order valence-corrected chi connectivity index (χ0v) is 46.5. The van der Waals surface area contributed by atoms with E-state index in [1.807, 2.05) is 0 Å². The molecule has 0 aromatic carbocycles. The molecular weight excluding hydrogens is 861 g/mol. The van der Waals surface area contributed by atoms with Crippen molar-refractivity contribution < 1.29 is 24.2 Å². The molecule has 70 heavy (non-hydrogen) atoms. The van der Waals surface area contributed by atoms with Gasteiger partial charge in [-0.1, -0.05) is 286 Å². The highest BCUT2D eigenvalue weighted by Gasteiger charge is 2.16. The smallest absolute Gasteiger partial charge is 0.306 e. The molecule has 1 unspecified atom stereocenters. The van der Waals surface area contributed by atoms with E-state index in [2.05, 4.69) is 86.8 Å². The Bertz CT molecular complexity index is 1240. The standard InChI is InChI=1S/C65H116O5/c1-3-5-7-9-11-13-15-17-19-21-23-24-25-26-27-28-29-30-31-32-33-34-35-36-37-38-39-40-42-44-46-48-50-52-54-56-58-60-65(68)70-63(61-66)62-69-64(67)59-57-55-53-51-49-47-45-43-41-22-20-18-16-14-12-10-8-6-4-2/h5,7,11-14,17-20,23-24,63,66H,3-4,6,8-10,15-16,21-22,25-62H2,1-2H3/b7-5-,13-11-,14-12-,19-17-,20-18-,24-23-. The van der Waals surface area contributed by atoms with E-state index in [4.69, 9.17) is 9.47 Å². The summed E-state index contributed by atoms with van der Waals surface area (Å²) in [4.78, 5) is 24.5. The molecule has 0 heterocycles.